The maximum absolute atomic E-state index is 12.3. The fourth-order valence-corrected chi connectivity index (χ4v) is 3.67. The van der Waals surface area contributed by atoms with E-state index >= 15 is 0 Å². The highest BCUT2D eigenvalue weighted by Crippen LogP contribution is 2.34. The van der Waals surface area contributed by atoms with Gasteiger partial charge in [0.2, 0.25) is 11.8 Å². The number of unbranched alkanes of at least 4 members (excludes halogenated alkanes) is 3. The molecule has 0 atom stereocenters. The van der Waals surface area contributed by atoms with E-state index in [4.69, 9.17) is 11.6 Å². The van der Waals surface area contributed by atoms with Gasteiger partial charge in [-0.05, 0) is 18.6 Å². The van der Waals surface area contributed by atoms with Crippen molar-refractivity contribution in [3.8, 4) is 0 Å². The van der Waals surface area contributed by atoms with Crippen LogP contribution in [0.25, 0.3) is 0 Å². The van der Waals surface area contributed by atoms with Crippen molar-refractivity contribution in [1.29, 1.82) is 0 Å². The van der Waals surface area contributed by atoms with Gasteiger partial charge in [-0.15, -0.1) is 0 Å². The number of nitrogens with one attached hydrogen (secondary N) is 1. The van der Waals surface area contributed by atoms with Crippen molar-refractivity contribution in [3.05, 3.63) is 23.2 Å². The van der Waals surface area contributed by atoms with Crippen LogP contribution in [0.2, 0.25) is 5.02 Å². The van der Waals surface area contributed by atoms with Gasteiger partial charge in [0.1, 0.15) is 0 Å². The number of piperazine rings is 1. The Labute approximate surface area is 168 Å². The molecule has 0 bridgehead atoms. The van der Waals surface area contributed by atoms with Crippen molar-refractivity contribution in [2.45, 2.75) is 52.9 Å². The number of rotatable bonds is 8. The Morgan fingerprint density at radius 3 is 2.44 bits per heavy atom. The van der Waals surface area contributed by atoms with E-state index in [0.29, 0.717) is 37.6 Å². The van der Waals surface area contributed by atoms with Crippen LogP contribution in [0.3, 0.4) is 0 Å². The summed E-state index contributed by atoms with van der Waals surface area (Å²) in [6.07, 6.45) is 4.84. The Balaban J connectivity index is 2.01. The lowest BCUT2D eigenvalue weighted by Gasteiger charge is -2.38. The Morgan fingerprint density at radius 2 is 1.81 bits per heavy atom. The topological polar surface area (TPSA) is 52.7 Å². The van der Waals surface area contributed by atoms with Gasteiger partial charge < -0.3 is 15.1 Å². The number of hydrogen-bond donors (Lipinski definition) is 1. The van der Waals surface area contributed by atoms with Crippen molar-refractivity contribution in [1.82, 2.24) is 4.90 Å². The van der Waals surface area contributed by atoms with E-state index < -0.39 is 0 Å². The molecule has 27 heavy (non-hydrogen) atoms. The second-order valence-corrected chi connectivity index (χ2v) is 7.87. The van der Waals surface area contributed by atoms with Crippen LogP contribution in [0.4, 0.5) is 11.4 Å². The molecule has 1 fully saturated rings. The van der Waals surface area contributed by atoms with E-state index in [1.54, 1.807) is 0 Å². The van der Waals surface area contributed by atoms with Crippen LogP contribution in [0.15, 0.2) is 18.2 Å². The van der Waals surface area contributed by atoms with Crippen LogP contribution in [-0.4, -0.2) is 42.9 Å². The van der Waals surface area contributed by atoms with E-state index in [9.17, 15) is 9.59 Å². The van der Waals surface area contributed by atoms with Gasteiger partial charge in [0.15, 0.2) is 0 Å². The Bertz CT molecular complexity index is 640. The highest BCUT2D eigenvalue weighted by Gasteiger charge is 2.25. The monoisotopic (exact) mass is 393 g/mol. The summed E-state index contributed by atoms with van der Waals surface area (Å²) in [7, 11) is 0. The smallest absolute Gasteiger partial charge is 0.225 e. The lowest BCUT2D eigenvalue weighted by atomic mass is 10.1. The SMILES string of the molecule is CCCCCCC(=O)Nc1cccc(Cl)c1N1CCN(C(=O)C(C)C)CC1. The molecular weight excluding hydrogens is 362 g/mol. The number of nitrogens with zero attached hydrogens (tertiary/aromatic N) is 2. The molecule has 1 saturated heterocycles. The van der Waals surface area contributed by atoms with Crippen molar-refractivity contribution in [2.24, 2.45) is 5.92 Å². The summed E-state index contributed by atoms with van der Waals surface area (Å²) in [6, 6.07) is 5.60. The van der Waals surface area contributed by atoms with Gasteiger partial charge in [0, 0.05) is 38.5 Å². The Morgan fingerprint density at radius 1 is 1.11 bits per heavy atom. The first-order valence-corrected chi connectivity index (χ1v) is 10.4. The number of carbonyl (C=O) groups is 2. The highest BCUT2D eigenvalue weighted by molar-refractivity contribution is 6.34. The minimum Gasteiger partial charge on any atom is -0.365 e. The average Bonchev–Trinajstić information content (AvgIpc) is 2.65. The maximum Gasteiger partial charge on any atom is 0.225 e. The molecule has 1 aromatic rings. The molecule has 0 aliphatic carbocycles. The first kappa shape index (κ1) is 21.5. The molecule has 1 aliphatic heterocycles. The lowest BCUT2D eigenvalue weighted by Crippen LogP contribution is -2.50. The molecule has 1 N–H and O–H groups in total. The minimum absolute atomic E-state index is 0.0134. The van der Waals surface area contributed by atoms with Gasteiger partial charge in [-0.25, -0.2) is 0 Å². The standard InChI is InChI=1S/C21H32ClN3O2/c1-4-5-6-7-11-19(26)23-18-10-8-9-17(22)20(18)24-12-14-25(15-13-24)21(27)16(2)3/h8-10,16H,4-7,11-15H2,1-3H3,(H,23,26). The number of hydrogen-bond acceptors (Lipinski definition) is 3. The maximum atomic E-state index is 12.3. The predicted molar refractivity (Wildman–Crippen MR) is 112 cm³/mol. The van der Waals surface area contributed by atoms with Gasteiger partial charge >= 0.3 is 0 Å². The molecule has 0 saturated carbocycles. The summed E-state index contributed by atoms with van der Waals surface area (Å²) in [5, 5.41) is 3.66. The van der Waals surface area contributed by atoms with E-state index in [1.165, 1.54) is 0 Å². The van der Waals surface area contributed by atoms with Crippen LogP contribution >= 0.6 is 11.6 Å². The fourth-order valence-electron chi connectivity index (χ4n) is 3.38. The van der Waals surface area contributed by atoms with Crippen LogP contribution in [0.1, 0.15) is 52.9 Å². The van der Waals surface area contributed by atoms with E-state index in [1.807, 2.05) is 36.9 Å². The first-order valence-electron chi connectivity index (χ1n) is 10.1. The van der Waals surface area contributed by atoms with Crippen molar-refractivity contribution in [3.63, 3.8) is 0 Å². The zero-order chi connectivity index (χ0) is 19.8. The normalized spacial score (nSPS) is 14.6. The molecule has 0 unspecified atom stereocenters. The number of amides is 2. The van der Waals surface area contributed by atoms with E-state index in [0.717, 1.165) is 37.1 Å². The zero-order valence-electron chi connectivity index (χ0n) is 16.8. The van der Waals surface area contributed by atoms with Crippen LogP contribution < -0.4 is 10.2 Å². The summed E-state index contributed by atoms with van der Waals surface area (Å²) in [4.78, 5) is 28.6. The van der Waals surface area contributed by atoms with Gasteiger partial charge in [-0.2, -0.15) is 0 Å². The molecular formula is C21H32ClN3O2. The largest absolute Gasteiger partial charge is 0.365 e. The number of halogens is 1. The summed E-state index contributed by atoms with van der Waals surface area (Å²) in [5.74, 6) is 0.233. The molecule has 0 aromatic heterocycles. The zero-order valence-corrected chi connectivity index (χ0v) is 17.5. The molecule has 2 rings (SSSR count). The van der Waals surface area contributed by atoms with Gasteiger partial charge in [0.05, 0.1) is 16.4 Å². The van der Waals surface area contributed by atoms with Gasteiger partial charge in [-0.3, -0.25) is 9.59 Å². The molecule has 2 amide bonds. The van der Waals surface area contributed by atoms with Crippen LogP contribution in [0.5, 0.6) is 0 Å². The molecule has 150 valence electrons. The number of anilines is 2. The van der Waals surface area contributed by atoms with Crippen LogP contribution in [-0.2, 0) is 9.59 Å². The lowest BCUT2D eigenvalue weighted by molar-refractivity contribution is -0.134. The average molecular weight is 394 g/mol. The third-order valence-electron chi connectivity index (χ3n) is 4.92. The second kappa shape index (κ2) is 10.5. The third kappa shape index (κ3) is 6.13. The summed E-state index contributed by atoms with van der Waals surface area (Å²) in [6.45, 7) is 8.78. The summed E-state index contributed by atoms with van der Waals surface area (Å²) in [5.41, 5.74) is 1.62. The summed E-state index contributed by atoms with van der Waals surface area (Å²) < 4.78 is 0. The Kier molecular flexibility index (Phi) is 8.42. The minimum atomic E-state index is 0.0134. The third-order valence-corrected chi connectivity index (χ3v) is 5.22. The predicted octanol–water partition coefficient (Wildman–Crippen LogP) is 4.55. The molecule has 1 heterocycles. The molecule has 1 aromatic carbocycles. The second-order valence-electron chi connectivity index (χ2n) is 7.46. The molecule has 6 heteroatoms. The number of para-hydroxylation sites is 1. The molecule has 0 spiro atoms. The van der Waals surface area contributed by atoms with Crippen molar-refractivity contribution >= 4 is 34.8 Å². The quantitative estimate of drug-likeness (QED) is 0.659. The Hall–Kier alpha value is -1.75. The molecule has 1 aliphatic rings. The van der Waals surface area contributed by atoms with Gasteiger partial charge in [0.25, 0.3) is 0 Å². The van der Waals surface area contributed by atoms with E-state index in [2.05, 4.69) is 17.1 Å². The number of carbonyl (C=O) groups excluding carboxylic acids is 2. The number of benzene rings is 1. The van der Waals surface area contributed by atoms with Gasteiger partial charge in [-0.1, -0.05) is 57.7 Å². The molecule has 5 nitrogen and oxygen atoms in total. The van der Waals surface area contributed by atoms with E-state index in [-0.39, 0.29) is 17.7 Å². The highest BCUT2D eigenvalue weighted by atomic mass is 35.5. The molecule has 0 radical (unpaired) electrons. The van der Waals surface area contributed by atoms with Crippen molar-refractivity contribution in [2.75, 3.05) is 36.4 Å². The first-order chi connectivity index (χ1) is 12.9. The van der Waals surface area contributed by atoms with Crippen molar-refractivity contribution < 1.29 is 9.59 Å². The summed E-state index contributed by atoms with van der Waals surface area (Å²) >= 11 is 6.47. The van der Waals surface area contributed by atoms with Crippen LogP contribution in [0, 0.1) is 5.92 Å². The fraction of sp³-hybridized carbons (Fsp3) is 0.619.